The number of amides is 2. The lowest BCUT2D eigenvalue weighted by Gasteiger charge is -2.17. The van der Waals surface area contributed by atoms with Crippen LogP contribution in [0.1, 0.15) is 20.3 Å². The Morgan fingerprint density at radius 2 is 1.89 bits per heavy atom. The average molecular weight is 326 g/mol. The summed E-state index contributed by atoms with van der Waals surface area (Å²) in [5.74, 6) is 0.493. The number of carbonyl (C=O) groups is 2. The Hall–Kier alpha value is -1.36. The molecule has 1 aliphatic rings. The molecule has 2 amide bonds. The predicted molar refractivity (Wildman–Crippen MR) is 74.8 cm³/mol. The smallest absolute Gasteiger partial charge is 0.235 e. The zero-order valence-corrected chi connectivity index (χ0v) is 12.6. The zero-order chi connectivity index (χ0) is 14.0. The fourth-order valence-corrected chi connectivity index (χ4v) is 2.30. The van der Waals surface area contributed by atoms with Crippen LogP contribution in [0.5, 0.6) is 5.75 Å². The second-order valence-corrected chi connectivity index (χ2v) is 6.13. The molecule has 1 fully saturated rings. The highest BCUT2D eigenvalue weighted by Crippen LogP contribution is 2.31. The van der Waals surface area contributed by atoms with Crippen molar-refractivity contribution in [2.75, 3.05) is 13.2 Å². The van der Waals surface area contributed by atoms with Crippen molar-refractivity contribution in [1.82, 2.24) is 4.90 Å². The van der Waals surface area contributed by atoms with E-state index in [0.29, 0.717) is 13.2 Å². The van der Waals surface area contributed by atoms with Crippen LogP contribution in [0, 0.1) is 5.41 Å². The predicted octanol–water partition coefficient (Wildman–Crippen LogP) is 2.61. The summed E-state index contributed by atoms with van der Waals surface area (Å²) < 4.78 is 6.50. The molecule has 4 nitrogen and oxygen atoms in total. The number of ether oxygens (including phenoxy) is 1. The molecule has 1 aliphatic heterocycles. The molecule has 0 radical (unpaired) electrons. The van der Waals surface area contributed by atoms with Crippen molar-refractivity contribution >= 4 is 27.7 Å². The van der Waals surface area contributed by atoms with Gasteiger partial charge in [0.15, 0.2) is 0 Å². The van der Waals surface area contributed by atoms with Gasteiger partial charge >= 0.3 is 0 Å². The largest absolute Gasteiger partial charge is 0.492 e. The normalized spacial score (nSPS) is 17.9. The highest BCUT2D eigenvalue weighted by Gasteiger charge is 2.44. The number of benzene rings is 1. The molecule has 1 heterocycles. The van der Waals surface area contributed by atoms with Gasteiger partial charge in [0.2, 0.25) is 11.8 Å². The van der Waals surface area contributed by atoms with Crippen molar-refractivity contribution < 1.29 is 14.3 Å². The standard InChI is InChI=1S/C14H16BrNO3/c1-14(2)9-12(17)16(13(14)18)7-8-19-11-5-3-10(15)4-6-11/h3-6H,7-9H2,1-2H3. The van der Waals surface area contributed by atoms with Gasteiger partial charge in [-0.3, -0.25) is 14.5 Å². The van der Waals surface area contributed by atoms with E-state index in [9.17, 15) is 9.59 Å². The zero-order valence-electron chi connectivity index (χ0n) is 11.0. The van der Waals surface area contributed by atoms with Crippen molar-refractivity contribution in [1.29, 1.82) is 0 Å². The third-order valence-corrected chi connectivity index (χ3v) is 3.64. The number of halogens is 1. The molecule has 19 heavy (non-hydrogen) atoms. The van der Waals surface area contributed by atoms with Crippen molar-refractivity contribution in [3.8, 4) is 5.75 Å². The van der Waals surface area contributed by atoms with Crippen LogP contribution in [0.3, 0.4) is 0 Å². The third-order valence-electron chi connectivity index (χ3n) is 3.12. The maximum absolute atomic E-state index is 12.0. The number of imide groups is 1. The maximum Gasteiger partial charge on any atom is 0.235 e. The SMILES string of the molecule is CC1(C)CC(=O)N(CCOc2ccc(Br)cc2)C1=O. The van der Waals surface area contributed by atoms with Crippen LogP contribution in [0.15, 0.2) is 28.7 Å². The summed E-state index contributed by atoms with van der Waals surface area (Å²) in [4.78, 5) is 25.0. The van der Waals surface area contributed by atoms with Gasteiger partial charge in [-0.25, -0.2) is 0 Å². The monoisotopic (exact) mass is 325 g/mol. The molecule has 1 aromatic carbocycles. The van der Waals surface area contributed by atoms with Crippen LogP contribution < -0.4 is 4.74 Å². The summed E-state index contributed by atoms with van der Waals surface area (Å²) in [6, 6.07) is 7.43. The van der Waals surface area contributed by atoms with Gasteiger partial charge in [0.05, 0.1) is 12.0 Å². The van der Waals surface area contributed by atoms with E-state index in [2.05, 4.69) is 15.9 Å². The fraction of sp³-hybridized carbons (Fsp3) is 0.429. The Balaban J connectivity index is 1.88. The summed E-state index contributed by atoms with van der Waals surface area (Å²) in [5, 5.41) is 0. The summed E-state index contributed by atoms with van der Waals surface area (Å²) in [5.41, 5.74) is -0.575. The van der Waals surface area contributed by atoms with E-state index in [1.54, 1.807) is 13.8 Å². The van der Waals surface area contributed by atoms with Gasteiger partial charge in [0.25, 0.3) is 0 Å². The van der Waals surface area contributed by atoms with E-state index in [-0.39, 0.29) is 18.2 Å². The Kier molecular flexibility index (Phi) is 3.94. The lowest BCUT2D eigenvalue weighted by Crippen LogP contribution is -2.36. The first-order valence-corrected chi connectivity index (χ1v) is 6.92. The topological polar surface area (TPSA) is 46.6 Å². The highest BCUT2D eigenvalue weighted by molar-refractivity contribution is 9.10. The summed E-state index contributed by atoms with van der Waals surface area (Å²) in [6.45, 7) is 4.21. The Morgan fingerprint density at radius 1 is 1.26 bits per heavy atom. The molecular weight excluding hydrogens is 310 g/mol. The Labute approximate surface area is 120 Å². The maximum atomic E-state index is 12.0. The molecule has 0 aliphatic carbocycles. The van der Waals surface area contributed by atoms with Gasteiger partial charge in [0.1, 0.15) is 12.4 Å². The molecule has 0 atom stereocenters. The van der Waals surface area contributed by atoms with Crippen molar-refractivity contribution in [3.63, 3.8) is 0 Å². The minimum Gasteiger partial charge on any atom is -0.492 e. The summed E-state index contributed by atoms with van der Waals surface area (Å²) >= 11 is 3.34. The summed E-state index contributed by atoms with van der Waals surface area (Å²) in [6.07, 6.45) is 0.282. The molecule has 1 aromatic rings. The van der Waals surface area contributed by atoms with Crippen LogP contribution in [-0.2, 0) is 9.59 Å². The number of carbonyl (C=O) groups excluding carboxylic acids is 2. The van der Waals surface area contributed by atoms with Crippen LogP contribution in [0.25, 0.3) is 0 Å². The molecular formula is C14H16BrNO3. The molecule has 0 unspecified atom stereocenters. The molecule has 0 aromatic heterocycles. The minimum absolute atomic E-state index is 0.114. The van der Waals surface area contributed by atoms with Crippen LogP contribution in [-0.4, -0.2) is 29.9 Å². The van der Waals surface area contributed by atoms with E-state index in [1.807, 2.05) is 24.3 Å². The molecule has 102 valence electrons. The van der Waals surface area contributed by atoms with Crippen LogP contribution >= 0.6 is 15.9 Å². The third kappa shape index (κ3) is 3.15. The van der Waals surface area contributed by atoms with Gasteiger partial charge in [-0.05, 0) is 24.3 Å². The van der Waals surface area contributed by atoms with Crippen molar-refractivity contribution in [2.45, 2.75) is 20.3 Å². The minimum atomic E-state index is -0.575. The highest BCUT2D eigenvalue weighted by atomic mass is 79.9. The lowest BCUT2D eigenvalue weighted by molar-refractivity contribution is -0.141. The van der Waals surface area contributed by atoms with Crippen molar-refractivity contribution in [2.24, 2.45) is 5.41 Å². The number of likely N-dealkylation sites (tertiary alicyclic amines) is 1. The van der Waals surface area contributed by atoms with Crippen LogP contribution in [0.4, 0.5) is 0 Å². The number of hydrogen-bond acceptors (Lipinski definition) is 3. The van der Waals surface area contributed by atoms with Gasteiger partial charge in [-0.1, -0.05) is 29.8 Å². The summed E-state index contributed by atoms with van der Waals surface area (Å²) in [7, 11) is 0. The van der Waals surface area contributed by atoms with E-state index in [1.165, 1.54) is 4.90 Å². The first-order valence-electron chi connectivity index (χ1n) is 6.13. The quantitative estimate of drug-likeness (QED) is 0.799. The van der Waals surface area contributed by atoms with E-state index in [4.69, 9.17) is 4.74 Å². The molecule has 0 spiro atoms. The van der Waals surface area contributed by atoms with E-state index >= 15 is 0 Å². The van der Waals surface area contributed by atoms with Crippen LogP contribution in [0.2, 0.25) is 0 Å². The van der Waals surface area contributed by atoms with Gasteiger partial charge in [-0.2, -0.15) is 0 Å². The van der Waals surface area contributed by atoms with Gasteiger partial charge in [0, 0.05) is 10.9 Å². The number of rotatable bonds is 4. The number of nitrogens with zero attached hydrogens (tertiary/aromatic N) is 1. The lowest BCUT2D eigenvalue weighted by atomic mass is 9.92. The molecule has 0 saturated carbocycles. The van der Waals surface area contributed by atoms with E-state index in [0.717, 1.165) is 10.2 Å². The Bertz CT molecular complexity index is 496. The average Bonchev–Trinajstić information content (AvgIpc) is 2.53. The number of hydrogen-bond donors (Lipinski definition) is 0. The van der Waals surface area contributed by atoms with Gasteiger partial charge in [-0.15, -0.1) is 0 Å². The molecule has 2 rings (SSSR count). The van der Waals surface area contributed by atoms with Gasteiger partial charge < -0.3 is 4.74 Å². The first kappa shape index (κ1) is 14.1. The molecule has 5 heteroatoms. The molecule has 1 saturated heterocycles. The second-order valence-electron chi connectivity index (χ2n) is 5.21. The molecule has 0 bridgehead atoms. The van der Waals surface area contributed by atoms with Crippen molar-refractivity contribution in [3.05, 3.63) is 28.7 Å². The Morgan fingerprint density at radius 3 is 2.42 bits per heavy atom. The van der Waals surface area contributed by atoms with E-state index < -0.39 is 5.41 Å². The second kappa shape index (κ2) is 5.33. The fourth-order valence-electron chi connectivity index (χ4n) is 2.04. The first-order chi connectivity index (χ1) is 8.90. The molecule has 0 N–H and O–H groups in total.